The van der Waals surface area contributed by atoms with Gasteiger partial charge in [0.1, 0.15) is 6.10 Å². The lowest BCUT2D eigenvalue weighted by Crippen LogP contribution is -2.07. The number of hydrogen-bond acceptors (Lipinski definition) is 5. The molecule has 2 aliphatic heterocycles. The van der Waals surface area contributed by atoms with Crippen LogP contribution in [-0.4, -0.2) is 30.2 Å². The van der Waals surface area contributed by atoms with Crippen LogP contribution in [0, 0.1) is 11.8 Å². The quantitative estimate of drug-likeness (QED) is 0.0266. The van der Waals surface area contributed by atoms with Crippen molar-refractivity contribution in [1.29, 1.82) is 0 Å². The predicted octanol–water partition coefficient (Wildman–Crippen LogP) is 17.7. The minimum atomic E-state index is -0.721. The van der Waals surface area contributed by atoms with E-state index in [1.54, 1.807) is 0 Å². The van der Waals surface area contributed by atoms with Gasteiger partial charge in [0.25, 0.3) is 0 Å². The summed E-state index contributed by atoms with van der Waals surface area (Å²) in [7, 11) is 0. The number of benzene rings is 1. The van der Waals surface area contributed by atoms with Gasteiger partial charge in [-0.1, -0.05) is 193 Å². The van der Waals surface area contributed by atoms with E-state index in [4.69, 9.17) is 9.97 Å². The van der Waals surface area contributed by atoms with E-state index in [1.165, 1.54) is 128 Å². The highest BCUT2D eigenvalue weighted by Crippen LogP contribution is 2.41. The number of aromatic amines is 2. The number of aryl methyl sites for hydroxylation is 1. The molecular weight excluding hydrogens is 835 g/mol. The second-order valence-electron chi connectivity index (χ2n) is 20.6. The van der Waals surface area contributed by atoms with E-state index in [9.17, 15) is 10.3 Å². The highest BCUT2D eigenvalue weighted by atomic mass is 16.5. The maximum atomic E-state index is 12.4. The van der Waals surface area contributed by atoms with Gasteiger partial charge in [0.05, 0.1) is 28.5 Å². The van der Waals surface area contributed by atoms with Crippen molar-refractivity contribution in [3.63, 3.8) is 0 Å². The average Bonchev–Trinajstić information content (AvgIpc) is 4.18. The molecule has 1 aliphatic carbocycles. The second kappa shape index (κ2) is 26.3. The summed E-state index contributed by atoms with van der Waals surface area (Å²) in [6.45, 7) is 11.3. The van der Waals surface area contributed by atoms with Gasteiger partial charge >= 0.3 is 0 Å². The second-order valence-corrected chi connectivity index (χ2v) is 20.6. The molecule has 4 aromatic rings. The number of anilines is 1. The number of allylic oxidation sites excluding steroid dienone is 4. The Morgan fingerprint density at radius 2 is 1.04 bits per heavy atom. The lowest BCUT2D eigenvalue weighted by Gasteiger charge is -2.19. The number of rotatable bonds is 27. The average molecular weight is 920 g/mol. The zero-order valence-electron chi connectivity index (χ0n) is 42.6. The Bertz CT molecular complexity index is 2490. The highest BCUT2D eigenvalue weighted by molar-refractivity contribution is 5.97. The zero-order chi connectivity index (χ0) is 47.7. The molecule has 0 radical (unpaired) electrons. The molecule has 3 aliphatic rings. The van der Waals surface area contributed by atoms with Crippen LogP contribution in [0.3, 0.4) is 0 Å². The van der Waals surface area contributed by atoms with Crippen LogP contribution in [0.1, 0.15) is 227 Å². The Labute approximate surface area is 409 Å². The van der Waals surface area contributed by atoms with Crippen LogP contribution in [0.5, 0.6) is 0 Å². The Morgan fingerprint density at radius 3 is 1.62 bits per heavy atom. The minimum absolute atomic E-state index is 0.165. The van der Waals surface area contributed by atoms with E-state index in [2.05, 4.69) is 111 Å². The first-order valence-electron chi connectivity index (χ1n) is 27.4. The monoisotopic (exact) mass is 920 g/mol. The summed E-state index contributed by atoms with van der Waals surface area (Å²) in [6.07, 6.45) is 40.8. The van der Waals surface area contributed by atoms with Gasteiger partial charge < -0.3 is 15.1 Å². The fourth-order valence-electron chi connectivity index (χ4n) is 10.8. The minimum Gasteiger partial charge on any atom is -0.386 e. The van der Waals surface area contributed by atoms with Gasteiger partial charge in [-0.05, 0) is 108 Å². The lowest BCUT2D eigenvalue weighted by molar-refractivity contribution is 0.157. The number of unbranched alkanes of at least 4 members (excludes halogenated alkanes) is 20. The molecule has 7 rings (SSSR count). The smallest absolute Gasteiger partial charge is 0.104 e. The number of hydrogen-bond donors (Lipinski definition) is 5. The Kier molecular flexibility index (Phi) is 19.8. The van der Waals surface area contributed by atoms with Crippen LogP contribution >= 0.6 is 0 Å². The summed E-state index contributed by atoms with van der Waals surface area (Å²) < 4.78 is 0. The van der Waals surface area contributed by atoms with E-state index in [0.29, 0.717) is 17.5 Å². The Morgan fingerprint density at radius 1 is 0.529 bits per heavy atom. The third-order valence-electron chi connectivity index (χ3n) is 15.2. The number of aliphatic hydroxyl groups excluding tert-OH is 1. The highest BCUT2D eigenvalue weighted by Gasteiger charge is 2.32. The SMILES string of the molecule is CCCCCCCCCCCCCc1c2nc(c(C3=CC(C)C(C)C=C3)c3ccc([nH]3)c(-c3cccc(NO)c3)c3ccc([nH]3)c(CCCCCCCCCCCCC)c3nc1C(C)C3O)C=C2. The van der Waals surface area contributed by atoms with Crippen LogP contribution in [0.4, 0.5) is 5.69 Å². The Hall–Kier alpha value is -4.72. The number of nitrogens with one attached hydrogen (secondary N) is 3. The van der Waals surface area contributed by atoms with Crippen LogP contribution in [-0.2, 0) is 12.8 Å². The molecule has 7 nitrogen and oxygen atoms in total. The molecule has 3 aromatic heterocycles. The van der Waals surface area contributed by atoms with Crippen molar-refractivity contribution in [1.82, 2.24) is 19.9 Å². The molecule has 8 bridgehead atoms. The zero-order valence-corrected chi connectivity index (χ0v) is 42.6. The third kappa shape index (κ3) is 13.3. The number of fused-ring (bicyclic) bond motifs is 8. The molecule has 5 N–H and O–H groups in total. The van der Waals surface area contributed by atoms with E-state index in [-0.39, 0.29) is 5.92 Å². The lowest BCUT2D eigenvalue weighted by atomic mass is 9.86. The molecule has 0 saturated heterocycles. The van der Waals surface area contributed by atoms with E-state index < -0.39 is 6.10 Å². The molecule has 1 aromatic carbocycles. The molecule has 0 amide bonds. The van der Waals surface area contributed by atoms with Crippen LogP contribution in [0.2, 0.25) is 0 Å². The van der Waals surface area contributed by atoms with Crippen molar-refractivity contribution in [2.75, 3.05) is 5.48 Å². The normalized spacial score (nSPS) is 17.8. The summed E-state index contributed by atoms with van der Waals surface area (Å²) in [6, 6.07) is 16.7. The van der Waals surface area contributed by atoms with Crippen molar-refractivity contribution in [2.24, 2.45) is 11.8 Å². The first-order chi connectivity index (χ1) is 33.3. The van der Waals surface area contributed by atoms with Gasteiger partial charge in [-0.2, -0.15) is 0 Å². The van der Waals surface area contributed by atoms with Gasteiger partial charge in [0.15, 0.2) is 0 Å². The van der Waals surface area contributed by atoms with Gasteiger partial charge in [-0.25, -0.2) is 4.98 Å². The molecule has 0 saturated carbocycles. The van der Waals surface area contributed by atoms with Gasteiger partial charge in [0.2, 0.25) is 0 Å². The van der Waals surface area contributed by atoms with E-state index in [0.717, 1.165) is 105 Å². The predicted molar refractivity (Wildman–Crippen MR) is 290 cm³/mol. The van der Waals surface area contributed by atoms with Crippen LogP contribution < -0.4 is 5.48 Å². The van der Waals surface area contributed by atoms with Crippen molar-refractivity contribution in [2.45, 2.75) is 201 Å². The largest absolute Gasteiger partial charge is 0.386 e. The number of nitrogens with zero attached hydrogens (tertiary/aromatic N) is 2. The summed E-state index contributed by atoms with van der Waals surface area (Å²) in [5, 5.41) is 22.4. The molecule has 5 heterocycles. The fourth-order valence-corrected chi connectivity index (χ4v) is 10.8. The summed E-state index contributed by atoms with van der Waals surface area (Å²) in [5.41, 5.74) is 17.1. The fraction of sp³-hybridized carbons (Fsp3) is 0.541. The third-order valence-corrected chi connectivity index (χ3v) is 15.2. The first-order valence-corrected chi connectivity index (χ1v) is 27.4. The Balaban J connectivity index is 1.32. The van der Waals surface area contributed by atoms with E-state index in [1.807, 2.05) is 18.2 Å². The van der Waals surface area contributed by atoms with E-state index >= 15 is 0 Å². The standard InChI is InChI=1S/C61H85N5O2/c1-6-8-10-12-14-16-18-20-22-24-26-31-49-51-35-37-54(62-51)58(47-34-33-43(3)44(4)41-47)56-40-39-55(64-56)57(46-29-28-30-48(42-46)66-68)53-38-36-52(63-53)50(60-61(67)45(5)59(49)65-60)32-27-25-23-21-19-17-15-13-11-9-7-2/h28-30,33-45,61,63-64,66-68H,6-27,31-32H2,1-5H3. The van der Waals surface area contributed by atoms with Crippen molar-refractivity contribution >= 4 is 45.5 Å². The van der Waals surface area contributed by atoms with Crippen molar-refractivity contribution in [3.8, 4) is 11.1 Å². The van der Waals surface area contributed by atoms with Crippen molar-refractivity contribution < 1.29 is 10.3 Å². The molecule has 7 heteroatoms. The topological polar surface area (TPSA) is 110 Å². The number of aromatic nitrogens is 4. The van der Waals surface area contributed by atoms with Gasteiger partial charge in [-0.15, -0.1) is 0 Å². The maximum Gasteiger partial charge on any atom is 0.104 e. The maximum absolute atomic E-state index is 12.4. The number of aliphatic hydroxyl groups is 1. The molecular formula is C61H85N5O2. The molecule has 0 fully saturated rings. The van der Waals surface area contributed by atoms with Crippen LogP contribution in [0.15, 0.2) is 66.8 Å². The van der Waals surface area contributed by atoms with Gasteiger partial charge in [0, 0.05) is 39.1 Å². The molecule has 68 heavy (non-hydrogen) atoms. The molecule has 4 atom stereocenters. The number of H-pyrrole nitrogens is 2. The first kappa shape index (κ1) is 51.1. The van der Waals surface area contributed by atoms with Crippen molar-refractivity contribution in [3.05, 3.63) is 106 Å². The molecule has 4 unspecified atom stereocenters. The molecule has 0 spiro atoms. The molecule has 366 valence electrons. The summed E-state index contributed by atoms with van der Waals surface area (Å²) in [4.78, 5) is 18.9. The summed E-state index contributed by atoms with van der Waals surface area (Å²) in [5.74, 6) is 0.660. The summed E-state index contributed by atoms with van der Waals surface area (Å²) >= 11 is 0. The van der Waals surface area contributed by atoms with Gasteiger partial charge in [-0.3, -0.25) is 15.7 Å². The van der Waals surface area contributed by atoms with Crippen LogP contribution in [0.25, 0.3) is 50.9 Å².